The second-order valence-corrected chi connectivity index (χ2v) is 7.51. The third-order valence-corrected chi connectivity index (χ3v) is 6.08. The summed E-state index contributed by atoms with van der Waals surface area (Å²) in [5, 5.41) is 1.17. The van der Waals surface area contributed by atoms with Crippen molar-refractivity contribution in [3.05, 3.63) is 40.7 Å². The fraction of sp³-hybridized carbons (Fsp3) is 0.471. The van der Waals surface area contributed by atoms with Gasteiger partial charge < -0.3 is 0 Å². The Bertz CT molecular complexity index is 685. The van der Waals surface area contributed by atoms with E-state index in [2.05, 4.69) is 26.8 Å². The van der Waals surface area contributed by atoms with Crippen LogP contribution in [0.5, 0.6) is 0 Å². The zero-order valence-electron chi connectivity index (χ0n) is 13.0. The highest BCUT2D eigenvalue weighted by Crippen LogP contribution is 2.64. The van der Waals surface area contributed by atoms with Crippen LogP contribution in [0.25, 0.3) is 0 Å². The number of allylic oxidation sites excluding steroid dienone is 1. The summed E-state index contributed by atoms with van der Waals surface area (Å²) in [5.74, 6) is 5.46. The molecule has 0 aliphatic heterocycles. The summed E-state index contributed by atoms with van der Waals surface area (Å²) < 4.78 is 13.1. The molecule has 0 saturated heterocycles. The average Bonchev–Trinajstić information content (AvgIpc) is 2.78. The minimum Gasteiger partial charge on any atom is -0.268 e. The zero-order chi connectivity index (χ0) is 16.3. The van der Waals surface area contributed by atoms with Crippen LogP contribution in [0, 0.1) is 22.6 Å². The SMILES string of the molecule is CC1(C)C2CC[C@]1(C)C=C2C(=O)N(N)c1ccc(F)cc1Cl. The number of carbonyl (C=O) groups excluding carboxylic acids is 1. The van der Waals surface area contributed by atoms with Gasteiger partial charge >= 0.3 is 0 Å². The van der Waals surface area contributed by atoms with Crippen LogP contribution < -0.4 is 10.9 Å². The molecule has 1 aromatic carbocycles. The van der Waals surface area contributed by atoms with Gasteiger partial charge in [0.2, 0.25) is 0 Å². The Balaban J connectivity index is 1.93. The van der Waals surface area contributed by atoms with Gasteiger partial charge in [0.1, 0.15) is 5.82 Å². The number of hydrogen-bond donors (Lipinski definition) is 1. The van der Waals surface area contributed by atoms with E-state index in [4.69, 9.17) is 17.4 Å². The van der Waals surface area contributed by atoms with Crippen molar-refractivity contribution in [1.82, 2.24) is 0 Å². The molecule has 2 aliphatic rings. The highest BCUT2D eigenvalue weighted by atomic mass is 35.5. The molecule has 1 saturated carbocycles. The lowest BCUT2D eigenvalue weighted by Gasteiger charge is -2.34. The normalized spacial score (nSPS) is 28.6. The molecule has 2 aliphatic carbocycles. The van der Waals surface area contributed by atoms with Gasteiger partial charge in [0.05, 0.1) is 10.7 Å². The van der Waals surface area contributed by atoms with Crippen LogP contribution in [0.3, 0.4) is 0 Å². The standard InChI is InChI=1S/C17H20ClFN2O/c1-16(2)12-6-7-17(16,3)9-11(12)15(22)21(20)14-5-4-10(19)8-13(14)18/h4-5,8-9,12H,6-7,20H2,1-3H3/t12?,17-/m1/s1. The maximum atomic E-state index is 13.1. The smallest absolute Gasteiger partial charge is 0.268 e. The lowest BCUT2D eigenvalue weighted by atomic mass is 9.70. The molecule has 1 unspecified atom stereocenters. The Morgan fingerprint density at radius 3 is 2.59 bits per heavy atom. The largest absolute Gasteiger partial charge is 0.268 e. The summed E-state index contributed by atoms with van der Waals surface area (Å²) >= 11 is 6.00. The lowest BCUT2D eigenvalue weighted by Crippen LogP contribution is -2.40. The van der Waals surface area contributed by atoms with Crippen molar-refractivity contribution >= 4 is 23.2 Å². The molecule has 1 aromatic rings. The van der Waals surface area contributed by atoms with E-state index >= 15 is 0 Å². The Labute approximate surface area is 134 Å². The summed E-state index contributed by atoms with van der Waals surface area (Å²) in [7, 11) is 0. The molecule has 0 aromatic heterocycles. The summed E-state index contributed by atoms with van der Waals surface area (Å²) in [6, 6.07) is 3.83. The van der Waals surface area contributed by atoms with Gasteiger partial charge in [-0.25, -0.2) is 15.2 Å². The molecular weight excluding hydrogens is 303 g/mol. The van der Waals surface area contributed by atoms with Gasteiger partial charge in [-0.15, -0.1) is 0 Å². The second kappa shape index (κ2) is 4.80. The Kier molecular flexibility index (Phi) is 3.38. The van der Waals surface area contributed by atoms with Crippen molar-refractivity contribution in [2.75, 3.05) is 5.01 Å². The predicted octanol–water partition coefficient (Wildman–Crippen LogP) is 4.07. The number of hydrogen-bond acceptors (Lipinski definition) is 2. The van der Waals surface area contributed by atoms with E-state index in [1.807, 2.05) is 0 Å². The van der Waals surface area contributed by atoms with Crippen molar-refractivity contribution in [3.63, 3.8) is 0 Å². The maximum Gasteiger partial charge on any atom is 0.268 e. The zero-order valence-corrected chi connectivity index (χ0v) is 13.7. The summed E-state index contributed by atoms with van der Waals surface area (Å²) in [5.41, 5.74) is 1.14. The number of nitrogens with two attached hydrogens (primary N) is 1. The second-order valence-electron chi connectivity index (χ2n) is 7.10. The van der Waals surface area contributed by atoms with E-state index in [1.54, 1.807) is 0 Å². The van der Waals surface area contributed by atoms with E-state index < -0.39 is 5.82 Å². The number of halogens is 2. The van der Waals surface area contributed by atoms with E-state index in [9.17, 15) is 9.18 Å². The van der Waals surface area contributed by atoms with Gasteiger partial charge in [0, 0.05) is 5.57 Å². The molecule has 1 fully saturated rings. The number of amides is 1. The van der Waals surface area contributed by atoms with Crippen LogP contribution in [-0.4, -0.2) is 5.91 Å². The molecule has 118 valence electrons. The van der Waals surface area contributed by atoms with Crippen LogP contribution >= 0.6 is 11.6 Å². The average molecular weight is 323 g/mol. The third kappa shape index (κ3) is 2.01. The van der Waals surface area contributed by atoms with Crippen LogP contribution in [0.2, 0.25) is 5.02 Å². The number of rotatable bonds is 2. The van der Waals surface area contributed by atoms with Crippen LogP contribution in [0.1, 0.15) is 33.6 Å². The number of anilines is 1. The number of benzene rings is 1. The topological polar surface area (TPSA) is 46.3 Å². The quantitative estimate of drug-likeness (QED) is 0.507. The van der Waals surface area contributed by atoms with E-state index in [1.165, 1.54) is 12.1 Å². The first-order valence-electron chi connectivity index (χ1n) is 7.44. The van der Waals surface area contributed by atoms with Crippen LogP contribution in [0.15, 0.2) is 29.8 Å². The van der Waals surface area contributed by atoms with Crippen molar-refractivity contribution in [2.45, 2.75) is 33.6 Å². The Morgan fingerprint density at radius 1 is 1.41 bits per heavy atom. The lowest BCUT2D eigenvalue weighted by molar-refractivity contribution is -0.115. The molecule has 3 nitrogen and oxygen atoms in total. The number of carbonyl (C=O) groups is 1. The minimum absolute atomic E-state index is 0.0239. The van der Waals surface area contributed by atoms with Gasteiger partial charge in [-0.05, 0) is 47.8 Å². The Hall–Kier alpha value is -1.39. The van der Waals surface area contributed by atoms with Crippen LogP contribution in [0.4, 0.5) is 10.1 Å². The highest BCUT2D eigenvalue weighted by Gasteiger charge is 2.57. The van der Waals surface area contributed by atoms with Gasteiger partial charge in [-0.3, -0.25) is 4.79 Å². The van der Waals surface area contributed by atoms with Crippen molar-refractivity contribution in [2.24, 2.45) is 22.6 Å². The van der Waals surface area contributed by atoms with Gasteiger partial charge in [-0.2, -0.15) is 0 Å². The molecule has 3 rings (SSSR count). The molecule has 2 bridgehead atoms. The summed E-state index contributed by atoms with van der Waals surface area (Å²) in [6.45, 7) is 6.60. The molecule has 0 heterocycles. The van der Waals surface area contributed by atoms with Crippen LogP contribution in [-0.2, 0) is 4.79 Å². The summed E-state index contributed by atoms with van der Waals surface area (Å²) in [6.07, 6.45) is 4.15. The molecule has 0 spiro atoms. The van der Waals surface area contributed by atoms with Gasteiger partial charge in [0.25, 0.3) is 5.91 Å². The Morgan fingerprint density at radius 2 is 2.09 bits per heavy atom. The first kappa shape index (κ1) is 15.5. The minimum atomic E-state index is -0.456. The highest BCUT2D eigenvalue weighted by molar-refractivity contribution is 6.34. The van der Waals surface area contributed by atoms with Gasteiger partial charge in [0.15, 0.2) is 0 Å². The number of fused-ring (bicyclic) bond motifs is 2. The van der Waals surface area contributed by atoms with Gasteiger partial charge in [-0.1, -0.05) is 38.4 Å². The molecule has 2 N–H and O–H groups in total. The van der Waals surface area contributed by atoms with E-state index in [0.29, 0.717) is 5.69 Å². The van der Waals surface area contributed by atoms with Crippen molar-refractivity contribution in [3.8, 4) is 0 Å². The van der Waals surface area contributed by atoms with E-state index in [0.717, 1.165) is 29.5 Å². The molecular formula is C17H20ClFN2O. The first-order valence-corrected chi connectivity index (χ1v) is 7.82. The molecule has 2 atom stereocenters. The molecule has 0 radical (unpaired) electrons. The number of hydrazine groups is 1. The monoisotopic (exact) mass is 322 g/mol. The molecule has 1 amide bonds. The maximum absolute atomic E-state index is 13.1. The van der Waals surface area contributed by atoms with Crippen molar-refractivity contribution < 1.29 is 9.18 Å². The third-order valence-electron chi connectivity index (χ3n) is 5.78. The number of nitrogens with zero attached hydrogens (tertiary/aromatic N) is 1. The molecule has 22 heavy (non-hydrogen) atoms. The summed E-state index contributed by atoms with van der Waals surface area (Å²) in [4.78, 5) is 12.8. The van der Waals surface area contributed by atoms with E-state index in [-0.39, 0.29) is 27.7 Å². The first-order chi connectivity index (χ1) is 10.2. The fourth-order valence-corrected chi connectivity index (χ4v) is 4.17. The predicted molar refractivity (Wildman–Crippen MR) is 85.8 cm³/mol. The fourth-order valence-electron chi connectivity index (χ4n) is 3.91. The van der Waals surface area contributed by atoms with Crippen molar-refractivity contribution in [1.29, 1.82) is 0 Å². The molecule has 5 heteroatoms.